The monoisotopic (exact) mass is 394 g/mol. The zero-order chi connectivity index (χ0) is 19.5. The Morgan fingerprint density at radius 3 is 2.75 bits per heavy atom. The Labute approximate surface area is 167 Å². The highest BCUT2D eigenvalue weighted by atomic mass is 35.5. The number of furan rings is 1. The van der Waals surface area contributed by atoms with Crippen molar-refractivity contribution in [2.75, 3.05) is 11.4 Å². The maximum Gasteiger partial charge on any atom is 0.258 e. The second kappa shape index (κ2) is 7.90. The van der Waals surface area contributed by atoms with Crippen LogP contribution in [0.15, 0.2) is 65.3 Å². The first kappa shape index (κ1) is 18.3. The molecule has 0 saturated carbocycles. The van der Waals surface area contributed by atoms with Crippen molar-refractivity contribution in [3.8, 4) is 0 Å². The van der Waals surface area contributed by atoms with Crippen molar-refractivity contribution in [3.05, 3.63) is 88.3 Å². The van der Waals surface area contributed by atoms with Gasteiger partial charge in [-0.1, -0.05) is 17.7 Å². The van der Waals surface area contributed by atoms with Crippen LogP contribution >= 0.6 is 11.6 Å². The Hall–Kier alpha value is -3.05. The smallest absolute Gasteiger partial charge is 0.258 e. The molecule has 0 unspecified atom stereocenters. The van der Waals surface area contributed by atoms with Crippen LogP contribution in [0.1, 0.15) is 38.5 Å². The summed E-state index contributed by atoms with van der Waals surface area (Å²) < 4.78 is 5.23. The summed E-state index contributed by atoms with van der Waals surface area (Å²) in [7, 11) is 0. The van der Waals surface area contributed by atoms with Crippen molar-refractivity contribution >= 4 is 29.1 Å². The van der Waals surface area contributed by atoms with Crippen LogP contribution in [0, 0.1) is 0 Å². The fourth-order valence-corrected chi connectivity index (χ4v) is 3.60. The number of hydrogen-bond acceptors (Lipinski definition) is 3. The second-order valence-electron chi connectivity index (χ2n) is 6.68. The largest absolute Gasteiger partial charge is 0.467 e. The van der Waals surface area contributed by atoms with Gasteiger partial charge in [0, 0.05) is 28.4 Å². The van der Waals surface area contributed by atoms with Crippen molar-refractivity contribution < 1.29 is 14.0 Å². The molecule has 0 fully saturated rings. The molecule has 1 aliphatic heterocycles. The van der Waals surface area contributed by atoms with Gasteiger partial charge in [0.25, 0.3) is 11.8 Å². The lowest BCUT2D eigenvalue weighted by atomic mass is 9.98. The van der Waals surface area contributed by atoms with Crippen molar-refractivity contribution in [1.82, 2.24) is 5.32 Å². The number of amides is 2. The molecule has 3 aromatic rings. The number of nitrogens with zero attached hydrogens (tertiary/aromatic N) is 1. The number of carbonyl (C=O) groups excluding carboxylic acids is 2. The third-order valence-electron chi connectivity index (χ3n) is 4.78. The molecule has 6 heteroatoms. The molecular weight excluding hydrogens is 376 g/mol. The normalized spacial score (nSPS) is 13.1. The Bertz CT molecular complexity index is 1010. The summed E-state index contributed by atoms with van der Waals surface area (Å²) >= 11 is 6.03. The number of anilines is 1. The maximum atomic E-state index is 12.9. The van der Waals surface area contributed by atoms with Crippen LogP contribution < -0.4 is 10.2 Å². The van der Waals surface area contributed by atoms with Gasteiger partial charge in [0.15, 0.2) is 0 Å². The molecule has 0 saturated heterocycles. The molecule has 4 rings (SSSR count). The summed E-state index contributed by atoms with van der Waals surface area (Å²) in [5, 5.41) is 3.38. The SMILES string of the molecule is O=C(NCc1ccco1)c1ccc2c(c1)CCCN2C(=O)c1cccc(Cl)c1. The van der Waals surface area contributed by atoms with Crippen LogP contribution in [0.4, 0.5) is 5.69 Å². The minimum atomic E-state index is -0.169. The van der Waals surface area contributed by atoms with Gasteiger partial charge in [-0.2, -0.15) is 0 Å². The lowest BCUT2D eigenvalue weighted by molar-refractivity contribution is 0.0947. The van der Waals surface area contributed by atoms with Gasteiger partial charge >= 0.3 is 0 Å². The molecule has 0 atom stereocenters. The predicted octanol–water partition coefficient (Wildman–Crippen LogP) is 4.46. The maximum absolute atomic E-state index is 12.9. The lowest BCUT2D eigenvalue weighted by Crippen LogP contribution is -2.35. The lowest BCUT2D eigenvalue weighted by Gasteiger charge is -2.30. The molecule has 2 amide bonds. The number of fused-ring (bicyclic) bond motifs is 1. The quantitative estimate of drug-likeness (QED) is 0.710. The Morgan fingerprint density at radius 2 is 1.96 bits per heavy atom. The van der Waals surface area contributed by atoms with E-state index in [1.54, 1.807) is 47.6 Å². The molecule has 5 nitrogen and oxygen atoms in total. The highest BCUT2D eigenvalue weighted by molar-refractivity contribution is 6.31. The van der Waals surface area contributed by atoms with E-state index in [4.69, 9.17) is 16.0 Å². The molecule has 1 N–H and O–H groups in total. The molecule has 1 aliphatic rings. The van der Waals surface area contributed by atoms with Gasteiger partial charge < -0.3 is 14.6 Å². The number of hydrogen-bond donors (Lipinski definition) is 1. The van der Waals surface area contributed by atoms with E-state index in [1.807, 2.05) is 18.2 Å². The van der Waals surface area contributed by atoms with Crippen LogP contribution in [0.25, 0.3) is 0 Å². The van der Waals surface area contributed by atoms with E-state index >= 15 is 0 Å². The molecular formula is C22H19ClN2O3. The van der Waals surface area contributed by atoms with Gasteiger partial charge in [0.1, 0.15) is 5.76 Å². The zero-order valence-corrected chi connectivity index (χ0v) is 15.9. The number of benzene rings is 2. The minimum absolute atomic E-state index is 0.0847. The van der Waals surface area contributed by atoms with Crippen LogP contribution in [0.2, 0.25) is 5.02 Å². The molecule has 0 aliphatic carbocycles. The van der Waals surface area contributed by atoms with E-state index < -0.39 is 0 Å². The van der Waals surface area contributed by atoms with Crippen LogP contribution in [-0.4, -0.2) is 18.4 Å². The van der Waals surface area contributed by atoms with Crippen LogP contribution in [-0.2, 0) is 13.0 Å². The highest BCUT2D eigenvalue weighted by Gasteiger charge is 2.24. The average molecular weight is 395 g/mol. The number of carbonyl (C=O) groups is 2. The van der Waals surface area contributed by atoms with Gasteiger partial charge in [0.2, 0.25) is 0 Å². The fourth-order valence-electron chi connectivity index (χ4n) is 3.41. The van der Waals surface area contributed by atoms with Crippen LogP contribution in [0.5, 0.6) is 0 Å². The molecule has 28 heavy (non-hydrogen) atoms. The summed E-state index contributed by atoms with van der Waals surface area (Å²) in [5.41, 5.74) is 2.97. The van der Waals surface area contributed by atoms with E-state index in [1.165, 1.54) is 0 Å². The van der Waals surface area contributed by atoms with Crippen molar-refractivity contribution in [1.29, 1.82) is 0 Å². The van der Waals surface area contributed by atoms with E-state index in [2.05, 4.69) is 5.32 Å². The predicted molar refractivity (Wildman–Crippen MR) is 108 cm³/mol. The first-order valence-corrected chi connectivity index (χ1v) is 9.50. The first-order valence-electron chi connectivity index (χ1n) is 9.13. The standard InChI is InChI=1S/C22H19ClN2O3/c23-18-6-1-4-17(13-18)22(27)25-10-2-5-15-12-16(8-9-20(15)25)21(26)24-14-19-7-3-11-28-19/h1,3-4,6-9,11-13H,2,5,10,14H2,(H,24,26). The summed E-state index contributed by atoms with van der Waals surface area (Å²) in [5.74, 6) is 0.445. The molecule has 2 heterocycles. The summed E-state index contributed by atoms with van der Waals surface area (Å²) in [6.45, 7) is 0.977. The van der Waals surface area contributed by atoms with Gasteiger partial charge in [-0.25, -0.2) is 0 Å². The van der Waals surface area contributed by atoms with Gasteiger partial charge in [0.05, 0.1) is 12.8 Å². The molecule has 0 spiro atoms. The second-order valence-corrected chi connectivity index (χ2v) is 7.11. The highest BCUT2D eigenvalue weighted by Crippen LogP contribution is 2.30. The molecule has 0 radical (unpaired) electrons. The van der Waals surface area contributed by atoms with Crippen LogP contribution in [0.3, 0.4) is 0 Å². The van der Waals surface area contributed by atoms with E-state index in [-0.39, 0.29) is 11.8 Å². The topological polar surface area (TPSA) is 62.6 Å². The number of aryl methyl sites for hydroxylation is 1. The first-order chi connectivity index (χ1) is 13.6. The van der Waals surface area contributed by atoms with E-state index in [9.17, 15) is 9.59 Å². The van der Waals surface area contributed by atoms with Crippen molar-refractivity contribution in [2.24, 2.45) is 0 Å². The Kier molecular flexibility index (Phi) is 5.17. The molecule has 1 aromatic heterocycles. The van der Waals surface area contributed by atoms with E-state index in [0.717, 1.165) is 24.1 Å². The average Bonchev–Trinajstić information content (AvgIpc) is 3.24. The van der Waals surface area contributed by atoms with Crippen molar-refractivity contribution in [2.45, 2.75) is 19.4 Å². The molecule has 2 aromatic carbocycles. The third kappa shape index (κ3) is 3.80. The Morgan fingerprint density at radius 1 is 1.07 bits per heavy atom. The van der Waals surface area contributed by atoms with Gasteiger partial charge in [-0.15, -0.1) is 0 Å². The Balaban J connectivity index is 1.53. The minimum Gasteiger partial charge on any atom is -0.467 e. The van der Waals surface area contributed by atoms with Gasteiger partial charge in [-0.05, 0) is 66.9 Å². The van der Waals surface area contributed by atoms with E-state index in [0.29, 0.717) is 35.0 Å². The van der Waals surface area contributed by atoms with Crippen molar-refractivity contribution in [3.63, 3.8) is 0 Å². The fraction of sp³-hybridized carbons (Fsp3) is 0.182. The summed E-state index contributed by atoms with van der Waals surface area (Å²) in [6.07, 6.45) is 3.25. The summed E-state index contributed by atoms with van der Waals surface area (Å²) in [6, 6.07) is 16.0. The number of nitrogens with one attached hydrogen (secondary N) is 1. The zero-order valence-electron chi connectivity index (χ0n) is 15.2. The summed E-state index contributed by atoms with van der Waals surface area (Å²) in [4.78, 5) is 27.2. The molecule has 142 valence electrons. The third-order valence-corrected chi connectivity index (χ3v) is 5.02. The van der Waals surface area contributed by atoms with Gasteiger partial charge in [-0.3, -0.25) is 9.59 Å². The molecule has 0 bridgehead atoms. The number of halogens is 1. The number of rotatable bonds is 4.